The van der Waals surface area contributed by atoms with E-state index >= 15 is 0 Å². The Balaban J connectivity index is 1.59. The third-order valence-corrected chi connectivity index (χ3v) is 5.29. The van der Waals surface area contributed by atoms with Crippen LogP contribution in [0.4, 0.5) is 5.69 Å². The SMILES string of the molecule is O=C(N/N=C\c1c(OCc2ccc(Cl)cc2)ccc2ccccc12)c1cc([N+](=O)[O-])ccc1O. The van der Waals surface area contributed by atoms with Crippen molar-refractivity contribution in [2.45, 2.75) is 6.61 Å². The zero-order valence-electron chi connectivity index (χ0n) is 17.6. The van der Waals surface area contributed by atoms with Crippen LogP contribution in [0.25, 0.3) is 10.8 Å². The average molecular weight is 476 g/mol. The number of nitro groups is 1. The molecule has 0 unspecified atom stereocenters. The second-order valence-electron chi connectivity index (χ2n) is 7.27. The smallest absolute Gasteiger partial charge is 0.275 e. The molecule has 8 nitrogen and oxygen atoms in total. The van der Waals surface area contributed by atoms with Crippen LogP contribution in [0.1, 0.15) is 21.5 Å². The van der Waals surface area contributed by atoms with Gasteiger partial charge in [-0.1, -0.05) is 54.1 Å². The fourth-order valence-corrected chi connectivity index (χ4v) is 3.44. The molecule has 4 aromatic rings. The van der Waals surface area contributed by atoms with E-state index in [1.165, 1.54) is 6.21 Å². The van der Waals surface area contributed by atoms with Crippen molar-refractivity contribution in [2.24, 2.45) is 5.10 Å². The van der Waals surface area contributed by atoms with E-state index in [0.717, 1.165) is 34.5 Å². The Hall–Kier alpha value is -4.43. The first-order valence-corrected chi connectivity index (χ1v) is 10.5. The minimum atomic E-state index is -0.790. The molecule has 0 aliphatic heterocycles. The highest BCUT2D eigenvalue weighted by molar-refractivity contribution is 6.30. The molecule has 0 saturated carbocycles. The molecule has 0 aliphatic carbocycles. The van der Waals surface area contributed by atoms with Gasteiger partial charge in [0.15, 0.2) is 0 Å². The van der Waals surface area contributed by atoms with Gasteiger partial charge >= 0.3 is 0 Å². The van der Waals surface area contributed by atoms with Crippen LogP contribution in [-0.2, 0) is 6.61 Å². The summed E-state index contributed by atoms with van der Waals surface area (Å²) >= 11 is 5.94. The topological polar surface area (TPSA) is 114 Å². The summed E-state index contributed by atoms with van der Waals surface area (Å²) in [4.78, 5) is 22.8. The van der Waals surface area contributed by atoms with E-state index in [2.05, 4.69) is 10.5 Å². The fraction of sp³-hybridized carbons (Fsp3) is 0.0400. The number of hydrogen-bond acceptors (Lipinski definition) is 6. The zero-order valence-corrected chi connectivity index (χ0v) is 18.4. The standard InChI is InChI=1S/C25H18ClN3O5/c26-18-8-5-16(6-9-18)15-34-24-12-7-17-3-1-2-4-20(17)22(24)14-27-28-25(31)21-13-19(29(32)33)10-11-23(21)30/h1-14,30H,15H2,(H,28,31)/b27-14-. The van der Waals surface area contributed by atoms with Crippen molar-refractivity contribution in [1.29, 1.82) is 0 Å². The number of phenols is 1. The number of amides is 1. The molecule has 34 heavy (non-hydrogen) atoms. The highest BCUT2D eigenvalue weighted by atomic mass is 35.5. The summed E-state index contributed by atoms with van der Waals surface area (Å²) in [6, 6.07) is 21.8. The number of nitro benzene ring substituents is 1. The van der Waals surface area contributed by atoms with Crippen molar-refractivity contribution in [2.75, 3.05) is 0 Å². The second kappa shape index (κ2) is 10.0. The summed E-state index contributed by atoms with van der Waals surface area (Å²) in [5.41, 5.74) is 3.28. The van der Waals surface area contributed by atoms with Gasteiger partial charge in [-0.2, -0.15) is 5.10 Å². The van der Waals surface area contributed by atoms with E-state index in [1.807, 2.05) is 48.5 Å². The van der Waals surface area contributed by atoms with Crippen molar-refractivity contribution < 1.29 is 19.6 Å². The van der Waals surface area contributed by atoms with Gasteiger partial charge in [0, 0.05) is 22.7 Å². The molecule has 0 spiro atoms. The van der Waals surface area contributed by atoms with E-state index in [1.54, 1.807) is 12.1 Å². The van der Waals surface area contributed by atoms with Gasteiger partial charge in [0.1, 0.15) is 18.1 Å². The normalized spacial score (nSPS) is 11.0. The molecule has 0 atom stereocenters. The van der Waals surface area contributed by atoms with Crippen molar-refractivity contribution in [3.8, 4) is 11.5 Å². The van der Waals surface area contributed by atoms with Crippen molar-refractivity contribution in [1.82, 2.24) is 5.43 Å². The van der Waals surface area contributed by atoms with Crippen molar-refractivity contribution >= 4 is 40.2 Å². The largest absolute Gasteiger partial charge is 0.507 e. The number of nitrogens with zero attached hydrogens (tertiary/aromatic N) is 2. The number of hydrogen-bond donors (Lipinski definition) is 2. The summed E-state index contributed by atoms with van der Waals surface area (Å²) in [5.74, 6) is -0.637. The number of nitrogens with one attached hydrogen (secondary N) is 1. The Morgan fingerprint density at radius 2 is 1.85 bits per heavy atom. The summed E-state index contributed by atoms with van der Waals surface area (Å²) < 4.78 is 6.01. The minimum absolute atomic E-state index is 0.261. The second-order valence-corrected chi connectivity index (χ2v) is 7.71. The molecule has 0 bridgehead atoms. The van der Waals surface area contributed by atoms with Crippen LogP contribution >= 0.6 is 11.6 Å². The summed E-state index contributed by atoms with van der Waals surface area (Å²) in [6.45, 7) is 0.296. The van der Waals surface area contributed by atoms with Gasteiger partial charge < -0.3 is 9.84 Å². The monoisotopic (exact) mass is 475 g/mol. The van der Waals surface area contributed by atoms with Crippen LogP contribution < -0.4 is 10.2 Å². The number of hydrazone groups is 1. The molecule has 0 saturated heterocycles. The molecule has 0 aliphatic rings. The maximum Gasteiger partial charge on any atom is 0.275 e. The number of ether oxygens (including phenoxy) is 1. The van der Waals surface area contributed by atoms with Gasteiger partial charge in [0.25, 0.3) is 11.6 Å². The first-order valence-electron chi connectivity index (χ1n) is 10.1. The third-order valence-electron chi connectivity index (χ3n) is 5.03. The number of carbonyl (C=O) groups excluding carboxylic acids is 1. The van der Waals surface area contributed by atoms with E-state index in [0.29, 0.717) is 22.9 Å². The first-order chi connectivity index (χ1) is 16.4. The number of fused-ring (bicyclic) bond motifs is 1. The number of aromatic hydroxyl groups is 1. The van der Waals surface area contributed by atoms with Gasteiger partial charge in [-0.3, -0.25) is 14.9 Å². The van der Waals surface area contributed by atoms with E-state index < -0.39 is 16.6 Å². The van der Waals surface area contributed by atoms with Gasteiger partial charge in [-0.25, -0.2) is 5.43 Å². The van der Waals surface area contributed by atoms with Crippen molar-refractivity contribution in [3.63, 3.8) is 0 Å². The van der Waals surface area contributed by atoms with Crippen LogP contribution in [0, 0.1) is 10.1 Å². The molecule has 4 aromatic carbocycles. The Morgan fingerprint density at radius 3 is 2.62 bits per heavy atom. The number of carbonyl (C=O) groups is 1. The zero-order chi connectivity index (χ0) is 24.1. The van der Waals surface area contributed by atoms with Crippen LogP contribution in [0.3, 0.4) is 0 Å². The minimum Gasteiger partial charge on any atom is -0.507 e. The lowest BCUT2D eigenvalue weighted by Gasteiger charge is -2.12. The number of phenolic OH excluding ortho intramolecular Hbond substituents is 1. The van der Waals surface area contributed by atoms with E-state index in [4.69, 9.17) is 16.3 Å². The first kappa shape index (κ1) is 22.8. The molecule has 2 N–H and O–H groups in total. The average Bonchev–Trinajstić information content (AvgIpc) is 2.84. The van der Waals surface area contributed by atoms with Gasteiger partial charge in [-0.05, 0) is 40.6 Å². The van der Waals surface area contributed by atoms with Gasteiger partial charge in [-0.15, -0.1) is 0 Å². The molecule has 9 heteroatoms. The molecular formula is C25H18ClN3O5. The predicted molar refractivity (Wildman–Crippen MR) is 130 cm³/mol. The van der Waals surface area contributed by atoms with Gasteiger partial charge in [0.2, 0.25) is 0 Å². The van der Waals surface area contributed by atoms with E-state index in [9.17, 15) is 20.0 Å². The summed E-state index contributed by atoms with van der Waals surface area (Å²) in [7, 11) is 0. The number of non-ortho nitro benzene ring substituents is 1. The molecule has 0 heterocycles. The predicted octanol–water partition coefficient (Wildman–Crippen LogP) is 5.45. The Kier molecular flexibility index (Phi) is 6.70. The quantitative estimate of drug-likeness (QED) is 0.209. The lowest BCUT2D eigenvalue weighted by atomic mass is 10.0. The van der Waals surface area contributed by atoms with Crippen molar-refractivity contribution in [3.05, 3.63) is 111 Å². The Labute approximate surface area is 199 Å². The van der Waals surface area contributed by atoms with E-state index in [-0.39, 0.29) is 11.3 Å². The number of rotatable bonds is 7. The summed E-state index contributed by atoms with van der Waals surface area (Å²) in [6.07, 6.45) is 1.44. The highest BCUT2D eigenvalue weighted by Gasteiger charge is 2.16. The molecular weight excluding hydrogens is 458 g/mol. The molecule has 0 radical (unpaired) electrons. The van der Waals surface area contributed by atoms with Gasteiger partial charge in [0.05, 0.1) is 16.7 Å². The fourth-order valence-electron chi connectivity index (χ4n) is 3.31. The lowest BCUT2D eigenvalue weighted by molar-refractivity contribution is -0.384. The number of halogens is 1. The van der Waals surface area contributed by atoms with Crippen LogP contribution in [-0.4, -0.2) is 22.2 Å². The molecule has 0 aromatic heterocycles. The third kappa shape index (κ3) is 5.13. The molecule has 170 valence electrons. The summed E-state index contributed by atoms with van der Waals surface area (Å²) in [5, 5.41) is 27.3. The lowest BCUT2D eigenvalue weighted by Crippen LogP contribution is -2.18. The van der Waals surface area contributed by atoms with Crippen LogP contribution in [0.15, 0.2) is 84.0 Å². The Bertz CT molecular complexity index is 1400. The van der Waals surface area contributed by atoms with Crippen LogP contribution in [0.5, 0.6) is 11.5 Å². The molecule has 1 amide bonds. The molecule has 4 rings (SSSR count). The maximum absolute atomic E-state index is 12.5. The highest BCUT2D eigenvalue weighted by Crippen LogP contribution is 2.28. The Morgan fingerprint density at radius 1 is 1.09 bits per heavy atom. The van der Waals surface area contributed by atoms with Crippen LogP contribution in [0.2, 0.25) is 5.02 Å². The maximum atomic E-state index is 12.5. The number of benzene rings is 4. The molecule has 0 fully saturated rings.